The van der Waals surface area contributed by atoms with Gasteiger partial charge in [0.1, 0.15) is 0 Å². The topological polar surface area (TPSA) is 76.2 Å². The molecule has 3 N–H and O–H groups in total. The lowest BCUT2D eigenvalue weighted by Crippen LogP contribution is -2.20. The van der Waals surface area contributed by atoms with E-state index >= 15 is 0 Å². The van der Waals surface area contributed by atoms with Crippen LogP contribution in [0.1, 0.15) is 17.2 Å². The lowest BCUT2D eigenvalue weighted by atomic mass is 9.97. The molecule has 0 fully saturated rings. The highest BCUT2D eigenvalue weighted by Gasteiger charge is 2.17. The molecule has 0 saturated carbocycles. The van der Waals surface area contributed by atoms with Crippen molar-refractivity contribution in [2.24, 2.45) is 5.73 Å². The molecule has 0 aliphatic carbocycles. The molecule has 4 heteroatoms. The largest absolute Gasteiger partial charge is 0.481 e. The molecule has 0 aliphatic rings. The predicted octanol–water partition coefficient (Wildman–Crippen LogP) is 1.67. The number of fused-ring (bicyclic) bond motifs is 1. The van der Waals surface area contributed by atoms with Gasteiger partial charge >= 0.3 is 5.97 Å². The third-order valence-electron chi connectivity index (χ3n) is 2.82. The van der Waals surface area contributed by atoms with Crippen molar-refractivity contribution in [2.75, 3.05) is 6.54 Å². The van der Waals surface area contributed by atoms with Gasteiger partial charge in [-0.2, -0.15) is 0 Å². The predicted molar refractivity (Wildman–Crippen MR) is 65.9 cm³/mol. The zero-order valence-electron chi connectivity index (χ0n) is 9.55. The first-order valence-electron chi connectivity index (χ1n) is 5.41. The number of nitrogens with two attached hydrogens (primary N) is 1. The number of rotatable bonds is 3. The van der Waals surface area contributed by atoms with E-state index in [1.165, 1.54) is 0 Å². The summed E-state index contributed by atoms with van der Waals surface area (Å²) in [4.78, 5) is 15.2. The number of pyridine rings is 1. The summed E-state index contributed by atoms with van der Waals surface area (Å²) in [7, 11) is 0. The van der Waals surface area contributed by atoms with Crippen molar-refractivity contribution >= 4 is 16.7 Å². The maximum Gasteiger partial charge on any atom is 0.312 e. The van der Waals surface area contributed by atoms with Crippen molar-refractivity contribution in [2.45, 2.75) is 12.8 Å². The number of hydrogen-bond donors (Lipinski definition) is 2. The van der Waals surface area contributed by atoms with Crippen LogP contribution >= 0.6 is 0 Å². The minimum Gasteiger partial charge on any atom is -0.481 e. The number of aromatic nitrogens is 1. The molecule has 1 aromatic heterocycles. The first-order chi connectivity index (χ1) is 8.11. The molecule has 0 amide bonds. The van der Waals surface area contributed by atoms with Crippen LogP contribution in [-0.4, -0.2) is 22.6 Å². The SMILES string of the molecule is Cc1cc2ccc(C(CN)C(=O)O)cc2cn1. The molecule has 88 valence electrons. The van der Waals surface area contributed by atoms with Gasteiger partial charge in [-0.15, -0.1) is 0 Å². The summed E-state index contributed by atoms with van der Waals surface area (Å²) < 4.78 is 0. The van der Waals surface area contributed by atoms with Gasteiger partial charge in [-0.3, -0.25) is 9.78 Å². The summed E-state index contributed by atoms with van der Waals surface area (Å²) in [5.74, 6) is -1.55. The van der Waals surface area contributed by atoms with Crippen molar-refractivity contribution in [1.82, 2.24) is 4.98 Å². The van der Waals surface area contributed by atoms with E-state index in [-0.39, 0.29) is 6.54 Å². The molecular weight excluding hydrogens is 216 g/mol. The minimum atomic E-state index is -0.896. The van der Waals surface area contributed by atoms with E-state index in [9.17, 15) is 4.79 Å². The van der Waals surface area contributed by atoms with Gasteiger partial charge in [0.2, 0.25) is 0 Å². The molecule has 1 unspecified atom stereocenters. The Morgan fingerprint density at radius 1 is 1.41 bits per heavy atom. The van der Waals surface area contributed by atoms with Crippen LogP contribution < -0.4 is 5.73 Å². The monoisotopic (exact) mass is 230 g/mol. The highest BCUT2D eigenvalue weighted by Crippen LogP contribution is 2.21. The molecule has 0 aliphatic heterocycles. The van der Waals surface area contributed by atoms with E-state index in [1.807, 2.05) is 31.2 Å². The maximum atomic E-state index is 11.0. The Kier molecular flexibility index (Phi) is 3.06. The first kappa shape index (κ1) is 11.5. The number of benzene rings is 1. The van der Waals surface area contributed by atoms with Gasteiger partial charge < -0.3 is 10.8 Å². The maximum absolute atomic E-state index is 11.0. The fourth-order valence-corrected chi connectivity index (χ4v) is 1.87. The van der Waals surface area contributed by atoms with E-state index in [1.54, 1.807) is 6.20 Å². The molecule has 4 nitrogen and oxygen atoms in total. The quantitative estimate of drug-likeness (QED) is 0.840. The van der Waals surface area contributed by atoms with Gasteiger partial charge in [0, 0.05) is 23.8 Å². The molecule has 2 rings (SSSR count). The normalized spacial score (nSPS) is 12.6. The molecule has 1 atom stereocenters. The summed E-state index contributed by atoms with van der Waals surface area (Å²) in [6, 6.07) is 7.53. The minimum absolute atomic E-state index is 0.0974. The molecule has 0 radical (unpaired) electrons. The molecule has 2 aromatic rings. The van der Waals surface area contributed by atoms with Crippen molar-refractivity contribution in [3.05, 3.63) is 41.7 Å². The Hall–Kier alpha value is -1.94. The second-order valence-corrected chi connectivity index (χ2v) is 4.06. The van der Waals surface area contributed by atoms with Crippen LogP contribution in [0.3, 0.4) is 0 Å². The van der Waals surface area contributed by atoms with E-state index in [2.05, 4.69) is 4.98 Å². The Morgan fingerprint density at radius 3 is 2.82 bits per heavy atom. The van der Waals surface area contributed by atoms with Crippen molar-refractivity contribution in [1.29, 1.82) is 0 Å². The van der Waals surface area contributed by atoms with E-state index in [0.29, 0.717) is 0 Å². The highest BCUT2D eigenvalue weighted by molar-refractivity contribution is 5.85. The number of aryl methyl sites for hydroxylation is 1. The fraction of sp³-hybridized carbons (Fsp3) is 0.231. The van der Waals surface area contributed by atoms with Crippen LogP contribution in [-0.2, 0) is 4.79 Å². The molecule has 0 bridgehead atoms. The Balaban J connectivity index is 2.50. The zero-order chi connectivity index (χ0) is 12.4. The summed E-state index contributed by atoms with van der Waals surface area (Å²) in [5, 5.41) is 11.0. The van der Waals surface area contributed by atoms with E-state index in [4.69, 9.17) is 10.8 Å². The first-order valence-corrected chi connectivity index (χ1v) is 5.41. The summed E-state index contributed by atoms with van der Waals surface area (Å²) in [6.07, 6.45) is 1.75. The lowest BCUT2D eigenvalue weighted by Gasteiger charge is -2.10. The highest BCUT2D eigenvalue weighted by atomic mass is 16.4. The zero-order valence-corrected chi connectivity index (χ0v) is 9.55. The summed E-state index contributed by atoms with van der Waals surface area (Å²) in [5.41, 5.74) is 7.14. The third-order valence-corrected chi connectivity index (χ3v) is 2.82. The average molecular weight is 230 g/mol. The average Bonchev–Trinajstić information content (AvgIpc) is 2.29. The van der Waals surface area contributed by atoms with Crippen molar-refractivity contribution in [3.8, 4) is 0 Å². The van der Waals surface area contributed by atoms with Crippen LogP contribution in [0.25, 0.3) is 10.8 Å². The van der Waals surface area contributed by atoms with Crippen LogP contribution in [0, 0.1) is 6.92 Å². The molecule has 1 heterocycles. The molecule has 0 spiro atoms. The Labute approximate surface area is 99.1 Å². The Bertz CT molecular complexity index is 566. The van der Waals surface area contributed by atoms with Crippen LogP contribution in [0.5, 0.6) is 0 Å². The smallest absolute Gasteiger partial charge is 0.312 e. The van der Waals surface area contributed by atoms with E-state index in [0.717, 1.165) is 22.0 Å². The van der Waals surface area contributed by atoms with Gasteiger partial charge in [0.05, 0.1) is 5.92 Å². The van der Waals surface area contributed by atoms with Crippen molar-refractivity contribution < 1.29 is 9.90 Å². The second kappa shape index (κ2) is 4.51. The number of nitrogens with zero attached hydrogens (tertiary/aromatic N) is 1. The number of carbonyl (C=O) groups is 1. The summed E-state index contributed by atoms with van der Waals surface area (Å²) >= 11 is 0. The number of hydrogen-bond acceptors (Lipinski definition) is 3. The van der Waals surface area contributed by atoms with Crippen molar-refractivity contribution in [3.63, 3.8) is 0 Å². The Morgan fingerprint density at radius 2 is 2.18 bits per heavy atom. The summed E-state index contributed by atoms with van der Waals surface area (Å²) in [6.45, 7) is 2.02. The van der Waals surface area contributed by atoms with Gasteiger partial charge in [-0.25, -0.2) is 0 Å². The van der Waals surface area contributed by atoms with Gasteiger partial charge in [-0.1, -0.05) is 12.1 Å². The third kappa shape index (κ3) is 2.26. The number of carboxylic acids is 1. The standard InChI is InChI=1S/C13H14N2O2/c1-8-4-9-2-3-10(5-11(9)7-15-8)12(6-14)13(16)17/h2-5,7,12H,6,14H2,1H3,(H,16,17). The van der Waals surface area contributed by atoms with Crippen LogP contribution in [0.15, 0.2) is 30.5 Å². The van der Waals surface area contributed by atoms with Gasteiger partial charge in [0.25, 0.3) is 0 Å². The number of aliphatic carboxylic acids is 1. The second-order valence-electron chi connectivity index (χ2n) is 4.06. The molecule has 1 aromatic carbocycles. The molecule has 0 saturated heterocycles. The van der Waals surface area contributed by atoms with Gasteiger partial charge in [-0.05, 0) is 30.0 Å². The lowest BCUT2D eigenvalue weighted by molar-refractivity contribution is -0.138. The van der Waals surface area contributed by atoms with Gasteiger partial charge in [0.15, 0.2) is 0 Å². The van der Waals surface area contributed by atoms with Crippen LogP contribution in [0.4, 0.5) is 0 Å². The fourth-order valence-electron chi connectivity index (χ4n) is 1.87. The molecular formula is C13H14N2O2. The van der Waals surface area contributed by atoms with E-state index < -0.39 is 11.9 Å². The number of carboxylic acid groups (broad SMARTS) is 1. The van der Waals surface area contributed by atoms with Crippen LogP contribution in [0.2, 0.25) is 0 Å². The molecule has 17 heavy (non-hydrogen) atoms.